The van der Waals surface area contributed by atoms with Gasteiger partial charge in [0.25, 0.3) is 0 Å². The molecule has 4 heavy (non-hydrogen) atoms. The molecule has 1 aliphatic carbocycles. The zero-order valence-corrected chi connectivity index (χ0v) is 4.78. The molecule has 0 aromatic carbocycles. The van der Waals surface area contributed by atoms with Crippen LogP contribution in [0.4, 0.5) is 0 Å². The number of hydrogen-bond acceptors (Lipinski definition) is 0. The van der Waals surface area contributed by atoms with Gasteiger partial charge in [0.05, 0.1) is 0 Å². The minimum absolute atomic E-state index is 1.32. The van der Waals surface area contributed by atoms with Gasteiger partial charge in [-0.05, 0) is 0 Å². The number of allylic oxidation sites excluding steroid dienone is 2. The molecule has 0 bridgehead atoms. The Hall–Kier alpha value is 0.740. The average molecular weight is 62.0 g/mol. The van der Waals surface area contributed by atoms with Crippen molar-refractivity contribution in [3.05, 3.63) is 8.90 Å². The first-order valence-electron chi connectivity index (χ1n) is 1.55. The van der Waals surface area contributed by atoms with E-state index in [4.69, 9.17) is 0 Å². The predicted octanol–water partition coefficient (Wildman–Crippen LogP) is 0.442. The molecule has 0 spiro atoms. The van der Waals surface area contributed by atoms with E-state index in [0.29, 0.717) is 0 Å². The van der Waals surface area contributed by atoms with Crippen LogP contribution in [0.15, 0.2) is 8.90 Å². The third kappa shape index (κ3) is 0.593. The molecule has 0 fully saturated rings. The van der Waals surface area contributed by atoms with Gasteiger partial charge >= 0.3 is 43.3 Å². The molecule has 0 saturated carbocycles. The van der Waals surface area contributed by atoms with Crippen molar-refractivity contribution in [3.8, 4) is 0 Å². The molecule has 1 heteroatoms. The summed E-state index contributed by atoms with van der Waals surface area (Å²) in [7, 11) is 0. The van der Waals surface area contributed by atoms with Crippen molar-refractivity contribution in [2.24, 2.45) is 0 Å². The first kappa shape index (κ1) is 2.95. The van der Waals surface area contributed by atoms with E-state index >= 15 is 0 Å². The van der Waals surface area contributed by atoms with Crippen LogP contribution in [0, 0.1) is 0 Å². The van der Waals surface area contributed by atoms with Gasteiger partial charge in [0.2, 0.25) is 0 Å². The van der Waals surface area contributed by atoms with E-state index in [1.165, 1.54) is 34.4 Å². The van der Waals surface area contributed by atoms with Crippen LogP contribution in [-0.4, -0.2) is 27.9 Å². The van der Waals surface area contributed by atoms with E-state index in [2.05, 4.69) is 6.08 Å². The Morgan fingerprint density at radius 3 is 2.25 bits per heavy atom. The van der Waals surface area contributed by atoms with Gasteiger partial charge in [0, 0.05) is 0 Å². The van der Waals surface area contributed by atoms with Crippen LogP contribution in [-0.2, 0) is 0 Å². The predicted molar refractivity (Wildman–Crippen MR) is 18.5 cm³/mol. The van der Waals surface area contributed by atoms with Crippen LogP contribution in [0.3, 0.4) is 0 Å². The fourth-order valence-corrected chi connectivity index (χ4v) is 0.306. The van der Waals surface area contributed by atoms with E-state index in [-0.39, 0.29) is 0 Å². The topological polar surface area (TPSA) is 0 Å². The van der Waals surface area contributed by atoms with Crippen molar-refractivity contribution in [1.29, 1.82) is 0 Å². The Morgan fingerprint density at radius 2 is 2.25 bits per heavy atom. The molecule has 0 aromatic heterocycles. The Balaban J connectivity index is 2.54. The molecule has 1 rings (SSSR count). The minimum atomic E-state index is 1.32. The second kappa shape index (κ2) is 0.852. The Labute approximate surface area is 43.3 Å². The molecule has 0 nitrogen and oxygen atoms in total. The molecule has 0 unspecified atom stereocenters. The normalized spacial score (nSPS) is 20.0. The summed E-state index contributed by atoms with van der Waals surface area (Å²) < 4.78 is 1.68. The molecule has 0 aromatic rings. The SMILES string of the molecule is [Na][C]1=CC1. The van der Waals surface area contributed by atoms with Gasteiger partial charge in [0.15, 0.2) is 0 Å². The van der Waals surface area contributed by atoms with Crippen LogP contribution in [0.5, 0.6) is 0 Å². The van der Waals surface area contributed by atoms with Gasteiger partial charge in [-0.2, -0.15) is 0 Å². The van der Waals surface area contributed by atoms with E-state index in [0.717, 1.165) is 0 Å². The second-order valence-corrected chi connectivity index (χ2v) is 2.54. The van der Waals surface area contributed by atoms with E-state index in [9.17, 15) is 0 Å². The molecule has 16 valence electrons. The average Bonchev–Trinajstić information content (AvgIpc) is 1.75. The third-order valence-electron chi connectivity index (χ3n) is 0.612. The maximum absolute atomic E-state index is 2.27. The maximum atomic E-state index is 2.27. The molecular weight excluding hydrogens is 59.0 g/mol. The van der Waals surface area contributed by atoms with Crippen LogP contribution >= 0.6 is 0 Å². The summed E-state index contributed by atoms with van der Waals surface area (Å²) in [6, 6.07) is 0. The summed E-state index contributed by atoms with van der Waals surface area (Å²) in [4.78, 5) is 0. The van der Waals surface area contributed by atoms with Crippen molar-refractivity contribution in [1.82, 2.24) is 0 Å². The zero-order chi connectivity index (χ0) is 2.99. The Morgan fingerprint density at radius 1 is 2.00 bits per heavy atom. The summed E-state index contributed by atoms with van der Waals surface area (Å²) in [5.41, 5.74) is 0. The molecule has 0 amide bonds. The van der Waals surface area contributed by atoms with Gasteiger partial charge in [0.1, 0.15) is 0 Å². The summed E-state index contributed by atoms with van der Waals surface area (Å²) in [5.74, 6) is 0. The monoisotopic (exact) mass is 62.0 g/mol. The third-order valence-corrected chi connectivity index (χ3v) is 1.43. The van der Waals surface area contributed by atoms with Gasteiger partial charge < -0.3 is 0 Å². The summed E-state index contributed by atoms with van der Waals surface area (Å²) in [6.45, 7) is 0. The molecular formula is C3H3Na. The van der Waals surface area contributed by atoms with Crippen molar-refractivity contribution in [3.63, 3.8) is 0 Å². The molecule has 0 saturated heterocycles. The van der Waals surface area contributed by atoms with E-state index in [1.807, 2.05) is 0 Å². The number of hydrogen-bond donors (Lipinski definition) is 0. The van der Waals surface area contributed by atoms with Crippen LogP contribution in [0.25, 0.3) is 0 Å². The fourth-order valence-electron chi connectivity index (χ4n) is 0.102. The molecule has 0 atom stereocenters. The zero-order valence-electron chi connectivity index (χ0n) is 2.78. The first-order valence-corrected chi connectivity index (χ1v) is 2.55. The van der Waals surface area contributed by atoms with Crippen LogP contribution in [0.1, 0.15) is 6.42 Å². The van der Waals surface area contributed by atoms with Crippen molar-refractivity contribution >= 4 is 27.9 Å². The summed E-state index contributed by atoms with van der Waals surface area (Å²) in [5, 5.41) is 0. The van der Waals surface area contributed by atoms with Crippen molar-refractivity contribution in [2.45, 2.75) is 6.42 Å². The molecule has 1 aliphatic rings. The molecule has 0 aliphatic heterocycles. The van der Waals surface area contributed by atoms with Crippen molar-refractivity contribution in [2.75, 3.05) is 0 Å². The quantitative estimate of drug-likeness (QED) is 0.357. The van der Waals surface area contributed by atoms with Gasteiger partial charge in [-0.15, -0.1) is 0 Å². The number of rotatable bonds is 0. The Bertz CT molecular complexity index is 54.3. The Kier molecular flexibility index (Phi) is 0.629. The second-order valence-electron chi connectivity index (χ2n) is 1.25. The van der Waals surface area contributed by atoms with Crippen LogP contribution in [0.2, 0.25) is 0 Å². The molecule has 0 heterocycles. The van der Waals surface area contributed by atoms with Crippen molar-refractivity contribution < 1.29 is 0 Å². The summed E-state index contributed by atoms with van der Waals surface area (Å²) >= 11 is 1.32. The van der Waals surface area contributed by atoms with Gasteiger partial charge in [-0.25, -0.2) is 0 Å². The first-order chi connectivity index (χ1) is 1.89. The van der Waals surface area contributed by atoms with Crippen LogP contribution < -0.4 is 0 Å². The van der Waals surface area contributed by atoms with E-state index in [1.54, 1.807) is 2.82 Å². The summed E-state index contributed by atoms with van der Waals surface area (Å²) in [6.07, 6.45) is 3.61. The van der Waals surface area contributed by atoms with E-state index < -0.39 is 0 Å². The van der Waals surface area contributed by atoms with Gasteiger partial charge in [-0.3, -0.25) is 0 Å². The standard InChI is InChI=1S/C3H3.Na/c1-2-3-1;/h1H,2H2;. The molecule has 0 radical (unpaired) electrons. The fraction of sp³-hybridized carbons (Fsp3) is 0.333. The molecule has 0 N–H and O–H groups in total. The van der Waals surface area contributed by atoms with Gasteiger partial charge in [-0.1, -0.05) is 0 Å².